The number of hydrogen-bond donors (Lipinski definition) is 2. The van der Waals surface area contributed by atoms with E-state index in [1.165, 1.54) is 0 Å². The Morgan fingerprint density at radius 3 is 2.24 bits per heavy atom. The molecule has 2 N–H and O–H groups in total. The first-order chi connectivity index (χ1) is 7.92. The Bertz CT molecular complexity index is 254. The van der Waals surface area contributed by atoms with Gasteiger partial charge in [-0.1, -0.05) is 27.2 Å². The third-order valence-corrected chi connectivity index (χ3v) is 2.43. The van der Waals surface area contributed by atoms with Crippen LogP contribution >= 0.6 is 0 Å². The molecule has 0 saturated carbocycles. The SMILES string of the molecule is CCC[C@@H](NC(=O)N(CC)CC(C)C)C(=O)O. The molecule has 5 nitrogen and oxygen atoms in total. The first-order valence-electron chi connectivity index (χ1n) is 6.20. The van der Waals surface area contributed by atoms with Crippen LogP contribution in [0.1, 0.15) is 40.5 Å². The van der Waals surface area contributed by atoms with Gasteiger partial charge in [-0.2, -0.15) is 0 Å². The van der Waals surface area contributed by atoms with Crippen LogP contribution < -0.4 is 5.32 Å². The predicted molar refractivity (Wildman–Crippen MR) is 66.9 cm³/mol. The molecule has 0 aliphatic carbocycles. The van der Waals surface area contributed by atoms with E-state index in [4.69, 9.17) is 5.11 Å². The molecule has 100 valence electrons. The number of amides is 2. The second-order valence-electron chi connectivity index (χ2n) is 4.56. The molecule has 0 heterocycles. The summed E-state index contributed by atoms with van der Waals surface area (Å²) in [5.41, 5.74) is 0. The number of carboxylic acid groups (broad SMARTS) is 1. The lowest BCUT2D eigenvalue weighted by molar-refractivity contribution is -0.139. The molecular formula is C12H24N2O3. The average Bonchev–Trinajstić information content (AvgIpc) is 2.24. The van der Waals surface area contributed by atoms with Gasteiger partial charge in [0.25, 0.3) is 0 Å². The molecule has 0 radical (unpaired) electrons. The van der Waals surface area contributed by atoms with Crippen LogP contribution in [0.2, 0.25) is 0 Å². The standard InChI is InChI=1S/C12H24N2O3/c1-5-7-10(11(15)16)13-12(17)14(6-2)8-9(3)4/h9-10H,5-8H2,1-4H3,(H,13,17)(H,15,16)/t10-/m1/s1. The highest BCUT2D eigenvalue weighted by Gasteiger charge is 2.21. The van der Waals surface area contributed by atoms with E-state index in [9.17, 15) is 9.59 Å². The molecule has 0 aromatic rings. The first-order valence-corrected chi connectivity index (χ1v) is 6.20. The third kappa shape index (κ3) is 6.14. The fourth-order valence-corrected chi connectivity index (χ4v) is 1.58. The molecular weight excluding hydrogens is 220 g/mol. The Morgan fingerprint density at radius 2 is 1.88 bits per heavy atom. The van der Waals surface area contributed by atoms with Crippen LogP contribution in [0.4, 0.5) is 4.79 Å². The zero-order valence-electron chi connectivity index (χ0n) is 11.2. The Balaban J connectivity index is 4.40. The molecule has 0 unspecified atom stereocenters. The van der Waals surface area contributed by atoms with Crippen LogP contribution in [0.25, 0.3) is 0 Å². The summed E-state index contributed by atoms with van der Waals surface area (Å²) in [5.74, 6) is -0.601. The number of aliphatic carboxylic acids is 1. The van der Waals surface area contributed by atoms with E-state index < -0.39 is 12.0 Å². The molecule has 1 atom stereocenters. The minimum atomic E-state index is -0.971. The lowest BCUT2D eigenvalue weighted by atomic mass is 10.1. The fourth-order valence-electron chi connectivity index (χ4n) is 1.58. The highest BCUT2D eigenvalue weighted by Crippen LogP contribution is 2.02. The second kappa shape index (κ2) is 7.92. The molecule has 0 rings (SSSR count). The molecule has 0 bridgehead atoms. The molecule has 0 aliphatic rings. The largest absolute Gasteiger partial charge is 0.480 e. The number of nitrogens with zero attached hydrogens (tertiary/aromatic N) is 1. The summed E-state index contributed by atoms with van der Waals surface area (Å²) >= 11 is 0. The van der Waals surface area contributed by atoms with Crippen molar-refractivity contribution in [1.29, 1.82) is 0 Å². The molecule has 0 fully saturated rings. The predicted octanol–water partition coefficient (Wildman–Crippen LogP) is 1.93. The lowest BCUT2D eigenvalue weighted by Crippen LogP contribution is -2.48. The zero-order valence-corrected chi connectivity index (χ0v) is 11.2. The smallest absolute Gasteiger partial charge is 0.326 e. The maximum atomic E-state index is 11.9. The second-order valence-corrected chi connectivity index (χ2v) is 4.56. The summed E-state index contributed by atoms with van der Waals surface area (Å²) in [4.78, 5) is 24.4. The number of rotatable bonds is 7. The number of carbonyl (C=O) groups excluding carboxylic acids is 1. The van der Waals surface area contributed by atoms with Crippen LogP contribution in [0.3, 0.4) is 0 Å². The average molecular weight is 244 g/mol. The van der Waals surface area contributed by atoms with Gasteiger partial charge in [-0.15, -0.1) is 0 Å². The van der Waals surface area contributed by atoms with Crippen LogP contribution in [-0.4, -0.2) is 41.1 Å². The molecule has 0 aromatic heterocycles. The molecule has 0 spiro atoms. The van der Waals surface area contributed by atoms with E-state index in [1.807, 2.05) is 27.7 Å². The van der Waals surface area contributed by atoms with Gasteiger partial charge in [0, 0.05) is 13.1 Å². The number of urea groups is 1. The van der Waals surface area contributed by atoms with Crippen molar-refractivity contribution in [2.45, 2.75) is 46.6 Å². The topological polar surface area (TPSA) is 69.6 Å². The van der Waals surface area contributed by atoms with Gasteiger partial charge in [-0.05, 0) is 19.3 Å². The molecule has 2 amide bonds. The van der Waals surface area contributed by atoms with Crippen molar-refractivity contribution in [3.8, 4) is 0 Å². The van der Waals surface area contributed by atoms with Gasteiger partial charge in [0.15, 0.2) is 0 Å². The van der Waals surface area contributed by atoms with Crippen LogP contribution in [0.15, 0.2) is 0 Å². The van der Waals surface area contributed by atoms with Crippen molar-refractivity contribution in [2.24, 2.45) is 5.92 Å². The van der Waals surface area contributed by atoms with Crippen molar-refractivity contribution >= 4 is 12.0 Å². The van der Waals surface area contributed by atoms with Gasteiger partial charge in [0.1, 0.15) is 6.04 Å². The molecule has 0 saturated heterocycles. The van der Waals surface area contributed by atoms with Gasteiger partial charge >= 0.3 is 12.0 Å². The number of carboxylic acids is 1. The van der Waals surface area contributed by atoms with Gasteiger partial charge < -0.3 is 15.3 Å². The van der Waals surface area contributed by atoms with Crippen LogP contribution in [0, 0.1) is 5.92 Å². The van der Waals surface area contributed by atoms with Gasteiger partial charge in [-0.25, -0.2) is 9.59 Å². The first kappa shape index (κ1) is 15.7. The monoisotopic (exact) mass is 244 g/mol. The lowest BCUT2D eigenvalue weighted by Gasteiger charge is -2.25. The van der Waals surface area contributed by atoms with Crippen molar-refractivity contribution in [1.82, 2.24) is 10.2 Å². The normalized spacial score (nSPS) is 12.3. The maximum Gasteiger partial charge on any atom is 0.326 e. The minimum absolute atomic E-state index is 0.290. The van der Waals surface area contributed by atoms with E-state index in [1.54, 1.807) is 4.90 Å². The van der Waals surface area contributed by atoms with Gasteiger partial charge in [-0.3, -0.25) is 0 Å². The van der Waals surface area contributed by atoms with E-state index in [2.05, 4.69) is 5.32 Å². The molecule has 5 heteroatoms. The summed E-state index contributed by atoms with van der Waals surface area (Å²) in [6.45, 7) is 9.06. The molecule has 0 aliphatic heterocycles. The summed E-state index contributed by atoms with van der Waals surface area (Å²) < 4.78 is 0. The Hall–Kier alpha value is -1.26. The number of nitrogens with one attached hydrogen (secondary N) is 1. The Labute approximate surface area is 103 Å². The summed E-state index contributed by atoms with van der Waals surface area (Å²) in [5, 5.41) is 11.5. The van der Waals surface area contributed by atoms with Gasteiger partial charge in [0.2, 0.25) is 0 Å². The van der Waals surface area contributed by atoms with E-state index in [0.717, 1.165) is 6.42 Å². The third-order valence-electron chi connectivity index (χ3n) is 2.43. The summed E-state index contributed by atoms with van der Waals surface area (Å²) in [7, 11) is 0. The Morgan fingerprint density at radius 1 is 1.29 bits per heavy atom. The van der Waals surface area contributed by atoms with Crippen molar-refractivity contribution in [3.63, 3.8) is 0 Å². The van der Waals surface area contributed by atoms with Crippen molar-refractivity contribution < 1.29 is 14.7 Å². The van der Waals surface area contributed by atoms with E-state index >= 15 is 0 Å². The van der Waals surface area contributed by atoms with Crippen LogP contribution in [0.5, 0.6) is 0 Å². The quantitative estimate of drug-likeness (QED) is 0.719. The minimum Gasteiger partial charge on any atom is -0.480 e. The highest BCUT2D eigenvalue weighted by molar-refractivity contribution is 5.82. The fraction of sp³-hybridized carbons (Fsp3) is 0.833. The van der Waals surface area contributed by atoms with E-state index in [0.29, 0.717) is 25.4 Å². The highest BCUT2D eigenvalue weighted by atomic mass is 16.4. The van der Waals surface area contributed by atoms with Crippen LogP contribution in [-0.2, 0) is 4.79 Å². The summed E-state index contributed by atoms with van der Waals surface area (Å²) in [6, 6.07) is -1.07. The molecule has 0 aromatic carbocycles. The summed E-state index contributed by atoms with van der Waals surface area (Å²) in [6.07, 6.45) is 1.19. The van der Waals surface area contributed by atoms with Gasteiger partial charge in [0.05, 0.1) is 0 Å². The van der Waals surface area contributed by atoms with Crippen molar-refractivity contribution in [2.75, 3.05) is 13.1 Å². The van der Waals surface area contributed by atoms with E-state index in [-0.39, 0.29) is 6.03 Å². The number of carbonyl (C=O) groups is 2. The maximum absolute atomic E-state index is 11.9. The zero-order chi connectivity index (χ0) is 13.4. The molecule has 17 heavy (non-hydrogen) atoms. The Kier molecular flexibility index (Phi) is 7.34. The van der Waals surface area contributed by atoms with Crippen molar-refractivity contribution in [3.05, 3.63) is 0 Å². The number of hydrogen-bond acceptors (Lipinski definition) is 2.